The molecule has 0 saturated heterocycles. The predicted molar refractivity (Wildman–Crippen MR) is 205 cm³/mol. The van der Waals surface area contributed by atoms with Gasteiger partial charge >= 0.3 is 0 Å². The van der Waals surface area contributed by atoms with E-state index < -0.39 is 7.26 Å². The summed E-state index contributed by atoms with van der Waals surface area (Å²) in [6.45, 7) is 2.63. The van der Waals surface area contributed by atoms with Crippen LogP contribution >= 0.6 is 7.26 Å². The van der Waals surface area contributed by atoms with Crippen molar-refractivity contribution in [2.45, 2.75) is 116 Å². The molecule has 0 amide bonds. The number of ether oxygens (including phenoxy) is 2. The summed E-state index contributed by atoms with van der Waals surface area (Å²) in [5.74, 6) is 0. The zero-order chi connectivity index (χ0) is 32.4. The summed E-state index contributed by atoms with van der Waals surface area (Å²) < 4.78 is 11.6. The SMILES string of the molecule is CCCCCCCCCCCC/C=C/CC/C=C/CC[C@@H](CC[P+](c1ccccc1)(c1ccccc1)c1ccccc1)OCOC.[I-]. The first-order valence-corrected chi connectivity index (χ1v) is 20.2. The smallest absolute Gasteiger partial charge is 0.146 e. The number of halogens is 1. The Bertz CT molecular complexity index is 1090. The van der Waals surface area contributed by atoms with Crippen LogP contribution < -0.4 is 39.9 Å². The molecule has 3 aromatic carbocycles. The van der Waals surface area contributed by atoms with Crippen molar-refractivity contribution < 1.29 is 33.5 Å². The van der Waals surface area contributed by atoms with E-state index in [0.717, 1.165) is 38.3 Å². The third kappa shape index (κ3) is 16.0. The minimum atomic E-state index is -1.86. The highest BCUT2D eigenvalue weighted by atomic mass is 127. The fraction of sp³-hybridized carbons (Fsp3) is 0.488. The van der Waals surface area contributed by atoms with E-state index in [1.807, 2.05) is 0 Å². The third-order valence-electron chi connectivity index (χ3n) is 9.01. The fourth-order valence-corrected chi connectivity index (χ4v) is 10.8. The van der Waals surface area contributed by atoms with Gasteiger partial charge in [0, 0.05) is 13.5 Å². The van der Waals surface area contributed by atoms with E-state index in [0.29, 0.717) is 6.79 Å². The molecule has 0 radical (unpaired) electrons. The monoisotopic (exact) mass is 768 g/mol. The molecule has 1 atom stereocenters. The van der Waals surface area contributed by atoms with Crippen molar-refractivity contribution in [3.63, 3.8) is 0 Å². The summed E-state index contributed by atoms with van der Waals surface area (Å²) in [6.07, 6.45) is 31.3. The molecule has 2 nitrogen and oxygen atoms in total. The van der Waals surface area contributed by atoms with Crippen LogP contribution in [-0.2, 0) is 9.47 Å². The Kier molecular flexibility index (Phi) is 23.9. The maximum Gasteiger partial charge on any atom is 0.146 e. The van der Waals surface area contributed by atoms with Crippen molar-refractivity contribution in [3.05, 3.63) is 115 Å². The first-order chi connectivity index (χ1) is 22.8. The van der Waals surface area contributed by atoms with Gasteiger partial charge in [-0.15, -0.1) is 0 Å². The molecule has 0 aliphatic rings. The topological polar surface area (TPSA) is 18.5 Å². The minimum Gasteiger partial charge on any atom is -1.00 e. The van der Waals surface area contributed by atoms with E-state index in [1.165, 1.54) is 86.5 Å². The van der Waals surface area contributed by atoms with Gasteiger partial charge in [0.1, 0.15) is 30.0 Å². The van der Waals surface area contributed by atoms with Gasteiger partial charge in [-0.05, 0) is 74.9 Å². The minimum absolute atomic E-state index is 0. The van der Waals surface area contributed by atoms with Crippen LogP contribution in [0.2, 0.25) is 0 Å². The van der Waals surface area contributed by atoms with Crippen LogP contribution in [0.5, 0.6) is 0 Å². The second kappa shape index (κ2) is 27.1. The molecule has 0 N–H and O–H groups in total. The summed E-state index contributed by atoms with van der Waals surface area (Å²) in [4.78, 5) is 0. The molecular weight excluding hydrogens is 706 g/mol. The molecule has 258 valence electrons. The Labute approximate surface area is 306 Å². The average Bonchev–Trinajstić information content (AvgIpc) is 3.11. The molecule has 0 unspecified atom stereocenters. The Morgan fingerprint density at radius 2 is 0.957 bits per heavy atom. The van der Waals surface area contributed by atoms with E-state index in [2.05, 4.69) is 122 Å². The van der Waals surface area contributed by atoms with Gasteiger partial charge in [-0.2, -0.15) is 0 Å². The molecule has 4 heteroatoms. The lowest BCUT2D eigenvalue weighted by atomic mass is 10.1. The van der Waals surface area contributed by atoms with E-state index in [1.54, 1.807) is 7.11 Å². The molecule has 0 saturated carbocycles. The van der Waals surface area contributed by atoms with E-state index in [9.17, 15) is 0 Å². The number of hydrogen-bond acceptors (Lipinski definition) is 2. The highest BCUT2D eigenvalue weighted by Gasteiger charge is 2.45. The van der Waals surface area contributed by atoms with E-state index in [-0.39, 0.29) is 30.1 Å². The molecule has 47 heavy (non-hydrogen) atoms. The van der Waals surface area contributed by atoms with Crippen molar-refractivity contribution in [2.24, 2.45) is 0 Å². The molecule has 0 heterocycles. The lowest BCUT2D eigenvalue weighted by molar-refractivity contribution is -0.0742. The molecule has 0 fully saturated rings. The van der Waals surface area contributed by atoms with Gasteiger partial charge in [0.2, 0.25) is 0 Å². The van der Waals surface area contributed by atoms with Crippen molar-refractivity contribution in [1.82, 2.24) is 0 Å². The first-order valence-electron chi connectivity index (χ1n) is 18.3. The van der Waals surface area contributed by atoms with Crippen LogP contribution in [-0.4, -0.2) is 26.2 Å². The number of methoxy groups -OCH3 is 1. The lowest BCUT2D eigenvalue weighted by Gasteiger charge is -2.29. The highest BCUT2D eigenvalue weighted by Crippen LogP contribution is 2.56. The van der Waals surface area contributed by atoms with Crippen molar-refractivity contribution in [2.75, 3.05) is 20.1 Å². The maximum absolute atomic E-state index is 6.28. The zero-order valence-electron chi connectivity index (χ0n) is 29.4. The number of rotatable bonds is 26. The molecule has 0 aliphatic carbocycles. The van der Waals surface area contributed by atoms with Gasteiger partial charge in [0.25, 0.3) is 0 Å². The zero-order valence-corrected chi connectivity index (χ0v) is 32.5. The number of allylic oxidation sites excluding steroid dienone is 4. The summed E-state index contributed by atoms with van der Waals surface area (Å²) >= 11 is 0. The first kappa shape index (κ1) is 41.4. The van der Waals surface area contributed by atoms with Crippen LogP contribution in [0, 0.1) is 0 Å². The Morgan fingerprint density at radius 1 is 0.532 bits per heavy atom. The second-order valence-corrected chi connectivity index (χ2v) is 16.2. The highest BCUT2D eigenvalue weighted by molar-refractivity contribution is 7.95. The lowest BCUT2D eigenvalue weighted by Crippen LogP contribution is -3.00. The molecule has 3 aromatic rings. The van der Waals surface area contributed by atoms with Gasteiger partial charge in [-0.3, -0.25) is 0 Å². The number of benzene rings is 3. The summed E-state index contributed by atoms with van der Waals surface area (Å²) in [5.41, 5.74) is 0. The Morgan fingerprint density at radius 3 is 1.43 bits per heavy atom. The number of hydrogen-bond donors (Lipinski definition) is 0. The third-order valence-corrected chi connectivity index (χ3v) is 13.5. The predicted octanol–water partition coefficient (Wildman–Crippen LogP) is 8.35. The summed E-state index contributed by atoms with van der Waals surface area (Å²) in [7, 11) is -0.146. The van der Waals surface area contributed by atoms with Crippen molar-refractivity contribution >= 4 is 23.2 Å². The van der Waals surface area contributed by atoms with E-state index in [4.69, 9.17) is 9.47 Å². The molecule has 3 rings (SSSR count). The summed E-state index contributed by atoms with van der Waals surface area (Å²) in [6, 6.07) is 33.5. The van der Waals surface area contributed by atoms with Gasteiger partial charge < -0.3 is 33.5 Å². The molecule has 0 aliphatic heterocycles. The molecule has 0 bridgehead atoms. The van der Waals surface area contributed by atoms with Gasteiger partial charge in [-0.1, -0.05) is 144 Å². The van der Waals surface area contributed by atoms with Crippen LogP contribution in [0.25, 0.3) is 0 Å². The average molecular weight is 769 g/mol. The van der Waals surface area contributed by atoms with Crippen molar-refractivity contribution in [3.8, 4) is 0 Å². The van der Waals surface area contributed by atoms with Crippen LogP contribution in [0.4, 0.5) is 0 Å². The molecule has 0 aromatic heterocycles. The quantitative estimate of drug-likeness (QED) is 0.0269. The van der Waals surface area contributed by atoms with Crippen LogP contribution in [0.3, 0.4) is 0 Å². The Balaban J connectivity index is 0.00000768. The Hall–Kier alpha value is -1.78. The maximum atomic E-state index is 6.28. The second-order valence-electron chi connectivity index (χ2n) is 12.6. The van der Waals surface area contributed by atoms with Crippen LogP contribution in [0.1, 0.15) is 110 Å². The molecule has 0 spiro atoms. The largest absolute Gasteiger partial charge is 1.00 e. The van der Waals surface area contributed by atoms with E-state index >= 15 is 0 Å². The van der Waals surface area contributed by atoms with Gasteiger partial charge in [-0.25, -0.2) is 0 Å². The fourth-order valence-electron chi connectivity index (χ4n) is 6.39. The summed E-state index contributed by atoms with van der Waals surface area (Å²) in [5, 5.41) is 4.29. The van der Waals surface area contributed by atoms with Gasteiger partial charge in [0.15, 0.2) is 0 Å². The van der Waals surface area contributed by atoms with Crippen LogP contribution in [0.15, 0.2) is 115 Å². The standard InChI is InChI=1S/C43H62O2P.HI/c1-3-4-5-6-7-8-9-10-11-12-13-14-15-16-17-18-19-23-30-40(45-39-44-2)37-38-46(41-31-24-20-25-32-41,42-33-26-21-27-34-42)43-35-28-22-29-36-43;/h14-15,18-22,24-29,31-36,40H,3-13,16-17,23,30,37-39H2,1-2H3;1H/q+1;/p-1/b15-14+,19-18+;/t40-;/m0./s1. The van der Waals surface area contributed by atoms with Gasteiger partial charge in [0.05, 0.1) is 12.3 Å². The number of unbranched alkanes of at least 4 members (excludes halogenated alkanes) is 11. The normalized spacial score (nSPS) is 12.5. The van der Waals surface area contributed by atoms with Crippen molar-refractivity contribution in [1.29, 1.82) is 0 Å². The molecular formula is C43H62IO2P.